The molecule has 0 saturated carbocycles. The Morgan fingerprint density at radius 1 is 0.889 bits per heavy atom. The van der Waals surface area contributed by atoms with Crippen LogP contribution in [-0.4, -0.2) is 34.5 Å². The summed E-state index contributed by atoms with van der Waals surface area (Å²) in [5.41, 5.74) is 0.967. The zero-order valence-corrected chi connectivity index (χ0v) is 16.0. The van der Waals surface area contributed by atoms with Gasteiger partial charge in [-0.3, -0.25) is 14.4 Å². The second kappa shape index (κ2) is 6.88. The largest absolute Gasteiger partial charge is 0.377 e. The van der Waals surface area contributed by atoms with Crippen molar-refractivity contribution in [3.8, 4) is 0 Å². The molecule has 0 amide bonds. The third-order valence-corrected chi connectivity index (χ3v) is 6.23. The first kappa shape index (κ1) is 18.7. The van der Waals surface area contributed by atoms with Crippen LogP contribution in [0.1, 0.15) is 0 Å². The molecule has 7 nitrogen and oxygen atoms in total. The number of fused-ring (bicyclic) bond motifs is 1. The van der Waals surface area contributed by atoms with Crippen molar-refractivity contribution < 1.29 is 13.3 Å². The number of benzene rings is 3. The highest BCUT2D eigenvalue weighted by Gasteiger charge is 2.25. The van der Waals surface area contributed by atoms with Crippen molar-refractivity contribution in [3.05, 3.63) is 70.8 Å². The summed E-state index contributed by atoms with van der Waals surface area (Å²) >= 11 is 0. The maximum Gasteiger partial charge on any atom is 0.271 e. The average Bonchev–Trinajstić information content (AvgIpc) is 2.66. The van der Waals surface area contributed by atoms with Crippen LogP contribution in [0.4, 0.5) is 17.1 Å². The fraction of sp³-hybridized carbons (Fsp3) is 0.158. The fourth-order valence-corrected chi connectivity index (χ4v) is 4.36. The SMILES string of the molecule is CN(C)c1cccc2c(S(=O)(=O)N(C)c3cccc([N+](=O)[O-])c3)cccc12. The van der Waals surface area contributed by atoms with E-state index >= 15 is 0 Å². The molecule has 8 heteroatoms. The van der Waals surface area contributed by atoms with Gasteiger partial charge in [-0.05, 0) is 18.2 Å². The molecule has 0 heterocycles. The van der Waals surface area contributed by atoms with Gasteiger partial charge >= 0.3 is 0 Å². The number of nitrogens with zero attached hydrogens (tertiary/aromatic N) is 3. The monoisotopic (exact) mass is 385 g/mol. The smallest absolute Gasteiger partial charge is 0.271 e. The summed E-state index contributed by atoms with van der Waals surface area (Å²) in [4.78, 5) is 12.5. The Hall–Kier alpha value is -3.13. The number of hydrogen-bond donors (Lipinski definition) is 0. The van der Waals surface area contributed by atoms with E-state index in [4.69, 9.17) is 0 Å². The molecule has 0 atom stereocenters. The topological polar surface area (TPSA) is 83.8 Å². The summed E-state index contributed by atoms with van der Waals surface area (Å²) in [5.74, 6) is 0. The minimum atomic E-state index is -3.91. The quantitative estimate of drug-likeness (QED) is 0.495. The summed E-state index contributed by atoms with van der Waals surface area (Å²) in [5, 5.41) is 12.4. The molecule has 0 aliphatic carbocycles. The lowest BCUT2D eigenvalue weighted by Gasteiger charge is -2.22. The fourth-order valence-electron chi connectivity index (χ4n) is 2.97. The van der Waals surface area contributed by atoms with Crippen molar-refractivity contribution in [2.75, 3.05) is 30.3 Å². The minimum Gasteiger partial charge on any atom is -0.377 e. The van der Waals surface area contributed by atoms with E-state index in [1.165, 1.54) is 31.3 Å². The van der Waals surface area contributed by atoms with Crippen LogP contribution in [0.25, 0.3) is 10.8 Å². The summed E-state index contributed by atoms with van der Waals surface area (Å²) in [6.07, 6.45) is 0. The van der Waals surface area contributed by atoms with Crippen molar-refractivity contribution in [3.63, 3.8) is 0 Å². The molecule has 27 heavy (non-hydrogen) atoms. The third-order valence-electron chi connectivity index (χ3n) is 4.38. The molecule has 0 radical (unpaired) electrons. The number of anilines is 2. The first-order chi connectivity index (χ1) is 12.7. The van der Waals surface area contributed by atoms with Gasteiger partial charge in [-0.25, -0.2) is 8.42 Å². The van der Waals surface area contributed by atoms with Crippen molar-refractivity contribution in [1.29, 1.82) is 0 Å². The summed E-state index contributed by atoms with van der Waals surface area (Å²) in [7, 11) is 1.27. The van der Waals surface area contributed by atoms with Crippen LogP contribution in [0.5, 0.6) is 0 Å². The van der Waals surface area contributed by atoms with Gasteiger partial charge in [-0.15, -0.1) is 0 Å². The molecular weight excluding hydrogens is 366 g/mol. The molecule has 0 spiro atoms. The van der Waals surface area contributed by atoms with Crippen molar-refractivity contribution in [2.24, 2.45) is 0 Å². The van der Waals surface area contributed by atoms with Gasteiger partial charge in [0.05, 0.1) is 15.5 Å². The van der Waals surface area contributed by atoms with Gasteiger partial charge in [0, 0.05) is 49.7 Å². The predicted molar refractivity (Wildman–Crippen MR) is 107 cm³/mol. The second-order valence-corrected chi connectivity index (χ2v) is 8.21. The highest BCUT2D eigenvalue weighted by molar-refractivity contribution is 7.93. The number of rotatable bonds is 5. The van der Waals surface area contributed by atoms with Crippen LogP contribution in [0, 0.1) is 10.1 Å². The van der Waals surface area contributed by atoms with Gasteiger partial charge in [0.15, 0.2) is 0 Å². The Morgan fingerprint density at radius 2 is 1.52 bits per heavy atom. The van der Waals surface area contributed by atoms with Crippen molar-refractivity contribution in [2.45, 2.75) is 4.90 Å². The van der Waals surface area contributed by atoms with Crippen LogP contribution in [0.15, 0.2) is 65.6 Å². The van der Waals surface area contributed by atoms with Crippen LogP contribution < -0.4 is 9.21 Å². The van der Waals surface area contributed by atoms with Gasteiger partial charge in [0.1, 0.15) is 0 Å². The van der Waals surface area contributed by atoms with Gasteiger partial charge in [-0.2, -0.15) is 0 Å². The van der Waals surface area contributed by atoms with Crippen LogP contribution in [0.3, 0.4) is 0 Å². The lowest BCUT2D eigenvalue weighted by Crippen LogP contribution is -2.26. The van der Waals surface area contributed by atoms with E-state index < -0.39 is 14.9 Å². The lowest BCUT2D eigenvalue weighted by atomic mass is 10.1. The Balaban J connectivity index is 2.17. The first-order valence-electron chi connectivity index (χ1n) is 8.16. The van der Waals surface area contributed by atoms with Gasteiger partial charge in [0.25, 0.3) is 15.7 Å². The van der Waals surface area contributed by atoms with E-state index in [2.05, 4.69) is 0 Å². The molecule has 0 bridgehead atoms. The molecule has 0 unspecified atom stereocenters. The maximum absolute atomic E-state index is 13.3. The Kier molecular flexibility index (Phi) is 4.75. The molecule has 3 rings (SSSR count). The summed E-state index contributed by atoms with van der Waals surface area (Å²) < 4.78 is 27.6. The first-order valence-corrected chi connectivity index (χ1v) is 9.60. The summed E-state index contributed by atoms with van der Waals surface area (Å²) in [6, 6.07) is 16.2. The zero-order chi connectivity index (χ0) is 19.8. The third kappa shape index (κ3) is 3.31. The van der Waals surface area contributed by atoms with E-state index in [-0.39, 0.29) is 16.3 Å². The lowest BCUT2D eigenvalue weighted by molar-refractivity contribution is -0.384. The van der Waals surface area contributed by atoms with E-state index in [1.54, 1.807) is 18.2 Å². The molecule has 0 fully saturated rings. The van der Waals surface area contributed by atoms with Gasteiger partial charge < -0.3 is 4.90 Å². The van der Waals surface area contributed by atoms with Crippen LogP contribution in [-0.2, 0) is 10.0 Å². The molecule has 3 aromatic rings. The highest BCUT2D eigenvalue weighted by Crippen LogP contribution is 2.33. The second-order valence-electron chi connectivity index (χ2n) is 6.27. The van der Waals surface area contributed by atoms with Crippen LogP contribution in [0.2, 0.25) is 0 Å². The van der Waals surface area contributed by atoms with E-state index in [0.717, 1.165) is 15.4 Å². The molecule has 0 aliphatic rings. The molecule has 0 saturated heterocycles. The maximum atomic E-state index is 13.3. The number of non-ortho nitro benzene ring substituents is 1. The molecule has 0 aliphatic heterocycles. The number of nitro groups is 1. The average molecular weight is 385 g/mol. The van der Waals surface area contributed by atoms with E-state index in [9.17, 15) is 18.5 Å². The molecule has 0 N–H and O–H groups in total. The highest BCUT2D eigenvalue weighted by atomic mass is 32.2. The minimum absolute atomic E-state index is 0.151. The normalized spacial score (nSPS) is 11.4. The van der Waals surface area contributed by atoms with E-state index in [1.807, 2.05) is 37.2 Å². The number of sulfonamides is 1. The Morgan fingerprint density at radius 3 is 2.19 bits per heavy atom. The molecular formula is C19H19N3O4S. The van der Waals surface area contributed by atoms with Crippen LogP contribution >= 0.6 is 0 Å². The predicted octanol–water partition coefficient (Wildman–Crippen LogP) is 3.64. The number of nitro benzene ring substituents is 1. The number of hydrogen-bond acceptors (Lipinski definition) is 5. The van der Waals surface area contributed by atoms with Crippen molar-refractivity contribution >= 4 is 37.9 Å². The summed E-state index contributed by atoms with van der Waals surface area (Å²) in [6.45, 7) is 0. The molecule has 3 aromatic carbocycles. The Labute approximate surface area is 157 Å². The Bertz CT molecular complexity index is 1130. The molecule has 140 valence electrons. The molecule has 0 aromatic heterocycles. The van der Waals surface area contributed by atoms with Gasteiger partial charge in [-0.1, -0.05) is 30.3 Å². The standard InChI is InChI=1S/C19H19N3O4S/c1-20(2)18-11-5-10-17-16(18)9-6-12-19(17)27(25,26)21(3)14-7-4-8-15(13-14)22(23)24/h4-13H,1-3H3. The van der Waals surface area contributed by atoms with E-state index in [0.29, 0.717) is 5.39 Å². The van der Waals surface area contributed by atoms with Gasteiger partial charge in [0.2, 0.25) is 0 Å². The van der Waals surface area contributed by atoms with Crippen molar-refractivity contribution in [1.82, 2.24) is 0 Å². The zero-order valence-electron chi connectivity index (χ0n) is 15.2.